The average molecular weight is 452 g/mol. The largest absolute Gasteiger partial charge is 0.0871 e. The third-order valence-corrected chi connectivity index (χ3v) is 5.76. The van der Waals surface area contributed by atoms with E-state index >= 15 is 0 Å². The van der Waals surface area contributed by atoms with E-state index in [1.54, 1.807) is 0 Å². The molecule has 0 aromatic carbocycles. The van der Waals surface area contributed by atoms with Gasteiger partial charge in [0.15, 0.2) is 0 Å². The van der Waals surface area contributed by atoms with Gasteiger partial charge in [-0.2, -0.15) is 0 Å². The van der Waals surface area contributed by atoms with E-state index in [1.807, 2.05) is 0 Å². The summed E-state index contributed by atoms with van der Waals surface area (Å²) in [5, 5.41) is 0.942. The Bertz CT molecular complexity index is 84.9. The van der Waals surface area contributed by atoms with Crippen LogP contribution in [0.4, 0.5) is 0 Å². The summed E-state index contributed by atoms with van der Waals surface area (Å²) in [4.78, 5) is 0. The standard InChI is InChI=1S/C3H2Br2I2/c4-1-2(6)3(5)7/h1H2. The van der Waals surface area contributed by atoms with Crippen LogP contribution in [0.3, 0.4) is 0 Å². The minimum atomic E-state index is 0.942. The first-order valence-electron chi connectivity index (χ1n) is 1.44. The van der Waals surface area contributed by atoms with Gasteiger partial charge in [-0.25, -0.2) is 0 Å². The monoisotopic (exact) mass is 450 g/mol. The summed E-state index contributed by atoms with van der Waals surface area (Å²) in [6, 6.07) is 0. The van der Waals surface area contributed by atoms with Gasteiger partial charge in [0.05, 0.1) is 2.49 Å². The zero-order chi connectivity index (χ0) is 5.86. The van der Waals surface area contributed by atoms with E-state index in [1.165, 1.54) is 6.07 Å². The highest BCUT2D eigenvalue weighted by Crippen LogP contribution is 2.25. The highest BCUT2D eigenvalue weighted by atomic mass is 127. The van der Waals surface area contributed by atoms with Crippen LogP contribution in [0.25, 0.3) is 0 Å². The van der Waals surface area contributed by atoms with Gasteiger partial charge in [0.2, 0.25) is 0 Å². The zero-order valence-corrected chi connectivity index (χ0v) is 10.7. The van der Waals surface area contributed by atoms with E-state index in [2.05, 4.69) is 77.0 Å². The van der Waals surface area contributed by atoms with Gasteiger partial charge < -0.3 is 0 Å². The van der Waals surface area contributed by atoms with Crippen molar-refractivity contribution in [1.82, 2.24) is 0 Å². The molecule has 0 nitrogen and oxygen atoms in total. The summed E-state index contributed by atoms with van der Waals surface area (Å²) in [5.74, 6) is 0. The van der Waals surface area contributed by atoms with E-state index in [9.17, 15) is 0 Å². The summed E-state index contributed by atoms with van der Waals surface area (Å²) in [7, 11) is 0. The molecule has 0 saturated heterocycles. The lowest BCUT2D eigenvalue weighted by Crippen LogP contribution is -1.66. The molecule has 0 amide bonds. The smallest absolute Gasteiger partial charge is 0.0660 e. The number of hydrogen-bond donors (Lipinski definition) is 0. The van der Waals surface area contributed by atoms with Crippen LogP contribution in [0, 0.1) is 0 Å². The molecule has 7 heavy (non-hydrogen) atoms. The number of allylic oxidation sites excluding steroid dienone is 1. The normalized spacial score (nSPS) is 13.7. The van der Waals surface area contributed by atoms with Crippen molar-refractivity contribution in [3.05, 3.63) is 6.07 Å². The summed E-state index contributed by atoms with van der Waals surface area (Å²) in [6.07, 6.45) is 0. The Kier molecular flexibility index (Phi) is 6.52. The maximum absolute atomic E-state index is 3.33. The number of rotatable bonds is 1. The molecule has 0 aromatic rings. The molecule has 0 aliphatic heterocycles. The summed E-state index contributed by atoms with van der Waals surface area (Å²) < 4.78 is 2.49. The van der Waals surface area contributed by atoms with Crippen LogP contribution in [0.15, 0.2) is 6.07 Å². The lowest BCUT2D eigenvalue weighted by molar-refractivity contribution is 1.82. The second kappa shape index (κ2) is 4.99. The highest BCUT2D eigenvalue weighted by Gasteiger charge is 1.90. The topological polar surface area (TPSA) is 0 Å². The van der Waals surface area contributed by atoms with E-state index in [0.717, 1.165) is 5.33 Å². The molecule has 0 N–H and O–H groups in total. The molecule has 4 heteroatoms. The third kappa shape index (κ3) is 4.65. The van der Waals surface area contributed by atoms with E-state index in [4.69, 9.17) is 0 Å². The van der Waals surface area contributed by atoms with Crippen LogP contribution in [0.1, 0.15) is 0 Å². The Morgan fingerprint density at radius 1 is 1.43 bits per heavy atom. The van der Waals surface area contributed by atoms with Gasteiger partial charge in [0.25, 0.3) is 0 Å². The summed E-state index contributed by atoms with van der Waals surface area (Å²) in [6.45, 7) is 0. The fourth-order valence-corrected chi connectivity index (χ4v) is 1.56. The molecular weight excluding hydrogens is 450 g/mol. The molecule has 0 rings (SSSR count). The van der Waals surface area contributed by atoms with Crippen LogP contribution in [-0.2, 0) is 0 Å². The first-order valence-corrected chi connectivity index (χ1v) is 5.51. The van der Waals surface area contributed by atoms with Crippen molar-refractivity contribution in [3.63, 3.8) is 0 Å². The van der Waals surface area contributed by atoms with Crippen LogP contribution >= 0.6 is 77.0 Å². The van der Waals surface area contributed by atoms with Crippen molar-refractivity contribution in [3.8, 4) is 0 Å². The Hall–Kier alpha value is 2.16. The molecule has 0 fully saturated rings. The van der Waals surface area contributed by atoms with Gasteiger partial charge in [-0.15, -0.1) is 0 Å². The van der Waals surface area contributed by atoms with Gasteiger partial charge in [-0.1, -0.05) is 15.9 Å². The SMILES string of the molecule is BrCC(I)=C(Br)I. The van der Waals surface area contributed by atoms with Crippen LogP contribution in [-0.4, -0.2) is 5.33 Å². The molecule has 0 aromatic heterocycles. The Labute approximate surface area is 87.0 Å². The van der Waals surface area contributed by atoms with Crippen LogP contribution < -0.4 is 0 Å². The van der Waals surface area contributed by atoms with Gasteiger partial charge in [-0.3, -0.25) is 0 Å². The predicted molar refractivity (Wildman–Crippen MR) is 57.8 cm³/mol. The van der Waals surface area contributed by atoms with Crippen molar-refractivity contribution in [1.29, 1.82) is 0 Å². The zero-order valence-electron chi connectivity index (χ0n) is 3.22. The molecule has 0 saturated carbocycles. The molecule has 0 spiro atoms. The van der Waals surface area contributed by atoms with Crippen LogP contribution in [0.2, 0.25) is 0 Å². The van der Waals surface area contributed by atoms with Crippen LogP contribution in [0.5, 0.6) is 0 Å². The second-order valence-electron chi connectivity index (χ2n) is 0.799. The van der Waals surface area contributed by atoms with Crippen molar-refractivity contribution < 1.29 is 0 Å². The quantitative estimate of drug-likeness (QED) is 0.420. The van der Waals surface area contributed by atoms with Crippen molar-refractivity contribution in [2.45, 2.75) is 0 Å². The fourth-order valence-electron chi connectivity index (χ4n) is 0.0505. The number of halogens is 4. The van der Waals surface area contributed by atoms with Gasteiger partial charge in [0, 0.05) is 8.91 Å². The van der Waals surface area contributed by atoms with E-state index < -0.39 is 0 Å². The number of alkyl halides is 1. The van der Waals surface area contributed by atoms with Gasteiger partial charge >= 0.3 is 0 Å². The first-order chi connectivity index (χ1) is 3.18. The van der Waals surface area contributed by atoms with Crippen molar-refractivity contribution in [2.24, 2.45) is 0 Å². The lowest BCUT2D eigenvalue weighted by Gasteiger charge is -1.87. The van der Waals surface area contributed by atoms with Crippen molar-refractivity contribution >= 4 is 77.0 Å². The number of hydrogen-bond acceptors (Lipinski definition) is 0. The maximum Gasteiger partial charge on any atom is 0.0660 e. The molecule has 0 aliphatic carbocycles. The fraction of sp³-hybridized carbons (Fsp3) is 0.333. The molecule has 0 aliphatic rings. The molecule has 0 heterocycles. The van der Waals surface area contributed by atoms with Gasteiger partial charge in [0.1, 0.15) is 0 Å². The Balaban J connectivity index is 3.72. The van der Waals surface area contributed by atoms with E-state index in [0.29, 0.717) is 0 Å². The molecule has 0 radical (unpaired) electrons. The average Bonchev–Trinajstić information content (AvgIpc) is 1.65. The minimum absolute atomic E-state index is 0.942. The summed E-state index contributed by atoms with van der Waals surface area (Å²) in [5.41, 5.74) is 0. The van der Waals surface area contributed by atoms with E-state index in [-0.39, 0.29) is 0 Å². The molecule has 0 bridgehead atoms. The third-order valence-electron chi connectivity index (χ3n) is 0.322. The molecule has 42 valence electrons. The Morgan fingerprint density at radius 3 is 1.86 bits per heavy atom. The summed E-state index contributed by atoms with van der Waals surface area (Å²) >= 11 is 11.1. The maximum atomic E-state index is 3.33. The van der Waals surface area contributed by atoms with Gasteiger partial charge in [-0.05, 0) is 61.1 Å². The second-order valence-corrected chi connectivity index (χ2v) is 6.02. The first kappa shape index (κ1) is 9.16. The Morgan fingerprint density at radius 2 is 1.86 bits per heavy atom. The minimum Gasteiger partial charge on any atom is -0.0871 e. The van der Waals surface area contributed by atoms with Crippen molar-refractivity contribution in [2.75, 3.05) is 5.33 Å². The highest BCUT2D eigenvalue weighted by molar-refractivity contribution is 14.1. The molecular formula is C3H2Br2I2. The molecule has 0 atom stereocenters. The predicted octanol–water partition coefficient (Wildman–Crippen LogP) is 3.82. The molecule has 0 unspecified atom stereocenters. The lowest BCUT2D eigenvalue weighted by atomic mass is 10.8.